The fourth-order valence-electron chi connectivity index (χ4n) is 4.35. The summed E-state index contributed by atoms with van der Waals surface area (Å²) in [5.41, 5.74) is 2.93. The third-order valence-corrected chi connectivity index (χ3v) is 6.11. The zero-order valence-electron chi connectivity index (χ0n) is 16.9. The van der Waals surface area contributed by atoms with E-state index in [1.165, 1.54) is 75.4 Å². The monoisotopic (exact) mass is 362 g/mol. The average molecular weight is 363 g/mol. The Morgan fingerprint density at radius 1 is 0.731 bits per heavy atom. The number of carbonyl (C=O) groups is 1. The molecule has 0 aromatic heterocycles. The number of allylic oxidation sites excluding steroid dienone is 2. The first-order valence-electron chi connectivity index (χ1n) is 10.8. The molecule has 0 spiro atoms. The Balaban J connectivity index is 1.53. The molecule has 0 bridgehead atoms. The van der Waals surface area contributed by atoms with Gasteiger partial charge in [0, 0.05) is 0 Å². The Bertz CT molecular complexity index is 424. The molecule has 0 unspecified atom stereocenters. The van der Waals surface area contributed by atoms with Crippen LogP contribution < -0.4 is 0 Å². The van der Waals surface area contributed by atoms with E-state index in [0.717, 1.165) is 24.7 Å². The molecule has 0 aliphatic heterocycles. The van der Waals surface area contributed by atoms with Gasteiger partial charge in [-0.05, 0) is 64.2 Å². The molecular weight excluding hydrogens is 324 g/mol. The van der Waals surface area contributed by atoms with Crippen molar-refractivity contribution < 1.29 is 14.3 Å². The molecule has 0 atom stereocenters. The van der Waals surface area contributed by atoms with Crippen molar-refractivity contribution in [3.05, 3.63) is 23.3 Å². The zero-order chi connectivity index (χ0) is 18.6. The van der Waals surface area contributed by atoms with Crippen LogP contribution in [0, 0.1) is 11.8 Å². The molecule has 3 nitrogen and oxygen atoms in total. The number of hydrogen-bond donors (Lipinski definition) is 0. The van der Waals surface area contributed by atoms with Gasteiger partial charge < -0.3 is 9.47 Å². The highest BCUT2D eigenvalue weighted by Gasteiger charge is 2.15. The summed E-state index contributed by atoms with van der Waals surface area (Å²) >= 11 is 0. The van der Waals surface area contributed by atoms with Gasteiger partial charge in [-0.15, -0.1) is 0 Å². The molecule has 0 radical (unpaired) electrons. The van der Waals surface area contributed by atoms with Gasteiger partial charge in [0.05, 0.1) is 13.2 Å². The van der Waals surface area contributed by atoms with E-state index in [1.54, 1.807) is 0 Å². The molecule has 0 heterocycles. The van der Waals surface area contributed by atoms with Crippen LogP contribution in [0.3, 0.4) is 0 Å². The number of carbonyl (C=O) groups excluding carboxylic acids is 1. The van der Waals surface area contributed by atoms with E-state index in [4.69, 9.17) is 9.47 Å². The van der Waals surface area contributed by atoms with E-state index in [9.17, 15) is 4.79 Å². The fourth-order valence-corrected chi connectivity index (χ4v) is 4.35. The Hall–Kier alpha value is -1.25. The predicted molar refractivity (Wildman–Crippen MR) is 107 cm³/mol. The van der Waals surface area contributed by atoms with E-state index in [1.807, 2.05) is 0 Å². The molecule has 2 fully saturated rings. The van der Waals surface area contributed by atoms with Gasteiger partial charge in [-0.3, -0.25) is 0 Å². The zero-order valence-corrected chi connectivity index (χ0v) is 16.9. The van der Waals surface area contributed by atoms with Crippen LogP contribution in [0.4, 0.5) is 4.79 Å². The summed E-state index contributed by atoms with van der Waals surface area (Å²) in [5.74, 6) is 1.49. The quantitative estimate of drug-likeness (QED) is 0.265. The molecule has 2 saturated carbocycles. The Morgan fingerprint density at radius 2 is 1.12 bits per heavy atom. The molecule has 0 aromatic carbocycles. The lowest BCUT2D eigenvalue weighted by Crippen LogP contribution is -2.10. The van der Waals surface area contributed by atoms with Crippen LogP contribution in [0.5, 0.6) is 0 Å². The SMILES string of the molecule is CC(=CCCOC(=O)OCCC=C(C)C1CCCCC1)C1CCCCC1. The van der Waals surface area contributed by atoms with Crippen LogP contribution in [-0.4, -0.2) is 19.4 Å². The van der Waals surface area contributed by atoms with Gasteiger partial charge in [-0.25, -0.2) is 4.79 Å². The summed E-state index contributed by atoms with van der Waals surface area (Å²) < 4.78 is 10.4. The lowest BCUT2D eigenvalue weighted by atomic mass is 9.84. The van der Waals surface area contributed by atoms with Crippen molar-refractivity contribution >= 4 is 6.16 Å². The van der Waals surface area contributed by atoms with Crippen LogP contribution in [-0.2, 0) is 9.47 Å². The van der Waals surface area contributed by atoms with Crippen molar-refractivity contribution in [3.8, 4) is 0 Å². The summed E-state index contributed by atoms with van der Waals surface area (Å²) in [5, 5.41) is 0. The second kappa shape index (κ2) is 12.2. The minimum Gasteiger partial charge on any atom is -0.434 e. The third-order valence-electron chi connectivity index (χ3n) is 6.11. The van der Waals surface area contributed by atoms with E-state index in [2.05, 4.69) is 26.0 Å². The standard InChI is InChI=1S/C23H38O3/c1-19(21-13-5-3-6-14-21)11-9-17-25-23(24)26-18-10-12-20(2)22-15-7-4-8-16-22/h11-12,21-22H,3-10,13-18H2,1-2H3. The largest absolute Gasteiger partial charge is 0.508 e. The first kappa shape index (κ1) is 21.1. The molecule has 148 valence electrons. The minimum atomic E-state index is -0.530. The van der Waals surface area contributed by atoms with Crippen molar-refractivity contribution in [2.45, 2.75) is 90.9 Å². The van der Waals surface area contributed by atoms with Gasteiger partial charge in [0.2, 0.25) is 0 Å². The van der Waals surface area contributed by atoms with Crippen LogP contribution in [0.15, 0.2) is 23.3 Å². The summed E-state index contributed by atoms with van der Waals surface area (Å²) in [4.78, 5) is 11.6. The molecule has 0 aromatic rings. The second-order valence-electron chi connectivity index (χ2n) is 8.09. The first-order chi connectivity index (χ1) is 12.7. The van der Waals surface area contributed by atoms with Crippen LogP contribution >= 0.6 is 0 Å². The van der Waals surface area contributed by atoms with Crippen LogP contribution in [0.2, 0.25) is 0 Å². The molecule has 0 saturated heterocycles. The molecular formula is C23H38O3. The topological polar surface area (TPSA) is 35.5 Å². The van der Waals surface area contributed by atoms with Crippen molar-refractivity contribution in [1.29, 1.82) is 0 Å². The maximum Gasteiger partial charge on any atom is 0.508 e. The molecule has 0 amide bonds. The molecule has 2 aliphatic rings. The highest BCUT2D eigenvalue weighted by molar-refractivity contribution is 5.59. The summed E-state index contributed by atoms with van der Waals surface area (Å²) in [6.07, 6.45) is 19.0. The molecule has 2 aliphatic carbocycles. The van der Waals surface area contributed by atoms with Crippen molar-refractivity contribution in [2.75, 3.05) is 13.2 Å². The van der Waals surface area contributed by atoms with Crippen LogP contribution in [0.1, 0.15) is 90.9 Å². The Morgan fingerprint density at radius 3 is 1.50 bits per heavy atom. The van der Waals surface area contributed by atoms with E-state index in [-0.39, 0.29) is 0 Å². The summed E-state index contributed by atoms with van der Waals surface area (Å²) in [7, 11) is 0. The first-order valence-corrected chi connectivity index (χ1v) is 10.8. The van der Waals surface area contributed by atoms with Gasteiger partial charge >= 0.3 is 6.16 Å². The third kappa shape index (κ3) is 7.97. The number of hydrogen-bond acceptors (Lipinski definition) is 3. The Kier molecular flexibility index (Phi) is 9.87. The maximum atomic E-state index is 11.6. The highest BCUT2D eigenvalue weighted by Crippen LogP contribution is 2.30. The lowest BCUT2D eigenvalue weighted by molar-refractivity contribution is 0.0576. The van der Waals surface area contributed by atoms with Crippen molar-refractivity contribution in [2.24, 2.45) is 11.8 Å². The molecule has 3 heteroatoms. The maximum absolute atomic E-state index is 11.6. The minimum absolute atomic E-state index is 0.417. The fraction of sp³-hybridized carbons (Fsp3) is 0.783. The normalized spacial score (nSPS) is 20.8. The Labute approximate surface area is 160 Å². The van der Waals surface area contributed by atoms with Gasteiger partial charge in [0.25, 0.3) is 0 Å². The van der Waals surface area contributed by atoms with Gasteiger partial charge in [-0.2, -0.15) is 0 Å². The highest BCUT2D eigenvalue weighted by atomic mass is 16.7. The molecule has 0 N–H and O–H groups in total. The van der Waals surface area contributed by atoms with Gasteiger partial charge in [0.15, 0.2) is 0 Å². The molecule has 2 rings (SSSR count). The van der Waals surface area contributed by atoms with E-state index in [0.29, 0.717) is 13.2 Å². The number of ether oxygens (including phenoxy) is 2. The van der Waals surface area contributed by atoms with Crippen LogP contribution in [0.25, 0.3) is 0 Å². The van der Waals surface area contributed by atoms with E-state index >= 15 is 0 Å². The second-order valence-corrected chi connectivity index (χ2v) is 8.09. The molecule has 26 heavy (non-hydrogen) atoms. The van der Waals surface area contributed by atoms with Crippen molar-refractivity contribution in [1.82, 2.24) is 0 Å². The smallest absolute Gasteiger partial charge is 0.434 e. The summed E-state index contributed by atoms with van der Waals surface area (Å²) in [6.45, 7) is 5.27. The number of rotatable bonds is 8. The average Bonchev–Trinajstić information content (AvgIpc) is 2.69. The summed E-state index contributed by atoms with van der Waals surface area (Å²) in [6, 6.07) is 0. The van der Waals surface area contributed by atoms with E-state index < -0.39 is 6.16 Å². The predicted octanol–water partition coefficient (Wildman–Crippen LogP) is 6.97. The van der Waals surface area contributed by atoms with Gasteiger partial charge in [-0.1, -0.05) is 61.8 Å². The van der Waals surface area contributed by atoms with Crippen molar-refractivity contribution in [3.63, 3.8) is 0 Å². The lowest BCUT2D eigenvalue weighted by Gasteiger charge is -2.22. The van der Waals surface area contributed by atoms with Gasteiger partial charge in [0.1, 0.15) is 0 Å².